The number of pyridine rings is 1. The zero-order valence-corrected chi connectivity index (χ0v) is 19.4. The highest BCUT2D eigenvalue weighted by Crippen LogP contribution is 2.24. The molecule has 0 spiro atoms. The van der Waals surface area contributed by atoms with E-state index in [9.17, 15) is 0 Å². The number of halogens is 1. The Bertz CT molecular complexity index is 1140. The van der Waals surface area contributed by atoms with Crippen LogP contribution in [0.1, 0.15) is 29.5 Å². The molecular formula is C28H30ClN3. The molecule has 0 fully saturated rings. The van der Waals surface area contributed by atoms with Gasteiger partial charge in [0.1, 0.15) is 0 Å². The van der Waals surface area contributed by atoms with Gasteiger partial charge in [-0.05, 0) is 61.7 Å². The molecule has 4 rings (SSSR count). The molecule has 0 saturated heterocycles. The van der Waals surface area contributed by atoms with Crippen molar-refractivity contribution in [1.29, 1.82) is 0 Å². The normalized spacial score (nSPS) is 11.2. The van der Waals surface area contributed by atoms with Crippen molar-refractivity contribution in [3.8, 4) is 0 Å². The third-order valence-electron chi connectivity index (χ3n) is 5.66. The highest BCUT2D eigenvalue weighted by Gasteiger charge is 2.08. The maximum Gasteiger partial charge on any atom is 0.0737 e. The van der Waals surface area contributed by atoms with Gasteiger partial charge in [-0.2, -0.15) is 0 Å². The van der Waals surface area contributed by atoms with Crippen LogP contribution < -0.4 is 5.32 Å². The summed E-state index contributed by atoms with van der Waals surface area (Å²) in [5.41, 5.74) is 6.10. The number of nitrogens with zero attached hydrogens (tertiary/aromatic N) is 2. The van der Waals surface area contributed by atoms with Crippen molar-refractivity contribution in [3.05, 3.63) is 107 Å². The number of hydrogen-bond acceptors (Lipinski definition) is 3. The Balaban J connectivity index is 1.33. The van der Waals surface area contributed by atoms with E-state index in [0.29, 0.717) is 5.02 Å². The fraction of sp³-hybridized carbons (Fsp3) is 0.250. The number of aromatic nitrogens is 1. The molecule has 4 heteroatoms. The zero-order valence-electron chi connectivity index (χ0n) is 18.6. The van der Waals surface area contributed by atoms with Gasteiger partial charge in [0.15, 0.2) is 0 Å². The highest BCUT2D eigenvalue weighted by atomic mass is 35.5. The van der Waals surface area contributed by atoms with Crippen LogP contribution in [-0.4, -0.2) is 23.0 Å². The molecule has 0 aliphatic heterocycles. The van der Waals surface area contributed by atoms with Crippen LogP contribution in [0.15, 0.2) is 85.1 Å². The maximum absolute atomic E-state index is 6.11. The van der Waals surface area contributed by atoms with E-state index in [4.69, 9.17) is 11.6 Å². The third-order valence-corrected chi connectivity index (χ3v) is 5.89. The lowest BCUT2D eigenvalue weighted by Crippen LogP contribution is -2.24. The lowest BCUT2D eigenvalue weighted by molar-refractivity contribution is 0.252. The van der Waals surface area contributed by atoms with Gasteiger partial charge in [-0.3, -0.25) is 9.88 Å². The molecule has 0 aliphatic carbocycles. The minimum atomic E-state index is 0.717. The van der Waals surface area contributed by atoms with Gasteiger partial charge in [-0.1, -0.05) is 71.8 Å². The number of benzene rings is 3. The second-order valence-corrected chi connectivity index (χ2v) is 8.78. The lowest BCUT2D eigenvalue weighted by Gasteiger charge is -2.23. The van der Waals surface area contributed by atoms with Crippen LogP contribution in [0.25, 0.3) is 10.9 Å². The summed E-state index contributed by atoms with van der Waals surface area (Å²) >= 11 is 6.11. The Morgan fingerprint density at radius 1 is 0.844 bits per heavy atom. The standard InChI is InChI=1S/C28H30ClN3/c1-22-8-7-11-24(18-22)21-32(20-23-9-3-2-4-10-23)17-6-5-15-30-27-14-16-31-28-19-25(29)12-13-26(27)28/h2-4,7-14,16,18-19H,5-6,15,17,20-21H2,1H3,(H,30,31). The van der Waals surface area contributed by atoms with Gasteiger partial charge in [-0.15, -0.1) is 0 Å². The molecule has 4 aromatic rings. The molecule has 32 heavy (non-hydrogen) atoms. The third kappa shape index (κ3) is 6.32. The first kappa shape index (κ1) is 22.3. The van der Waals surface area contributed by atoms with Crippen molar-refractivity contribution >= 4 is 28.2 Å². The highest BCUT2D eigenvalue weighted by molar-refractivity contribution is 6.31. The minimum absolute atomic E-state index is 0.717. The van der Waals surface area contributed by atoms with Crippen LogP contribution in [0, 0.1) is 6.92 Å². The molecule has 0 bridgehead atoms. The summed E-state index contributed by atoms with van der Waals surface area (Å²) in [6.45, 7) is 6.10. The smallest absolute Gasteiger partial charge is 0.0737 e. The predicted molar refractivity (Wildman–Crippen MR) is 136 cm³/mol. The second kappa shape index (κ2) is 11.1. The minimum Gasteiger partial charge on any atom is -0.384 e. The summed E-state index contributed by atoms with van der Waals surface area (Å²) in [4.78, 5) is 6.97. The molecular weight excluding hydrogens is 414 g/mol. The molecule has 1 N–H and O–H groups in total. The molecule has 0 saturated carbocycles. The number of hydrogen-bond donors (Lipinski definition) is 1. The van der Waals surface area contributed by atoms with Crippen LogP contribution in [0.2, 0.25) is 5.02 Å². The predicted octanol–water partition coefficient (Wildman–Crippen LogP) is 7.09. The Morgan fingerprint density at radius 2 is 1.66 bits per heavy atom. The Hall–Kier alpha value is -2.88. The van der Waals surface area contributed by atoms with E-state index in [1.165, 1.54) is 16.7 Å². The van der Waals surface area contributed by atoms with E-state index >= 15 is 0 Å². The Kier molecular flexibility index (Phi) is 7.76. The summed E-state index contributed by atoms with van der Waals surface area (Å²) in [5, 5.41) is 5.42. The van der Waals surface area contributed by atoms with E-state index in [0.717, 1.165) is 55.6 Å². The number of unbranched alkanes of at least 4 members (excludes halogenated alkanes) is 1. The Morgan fingerprint density at radius 3 is 2.50 bits per heavy atom. The van der Waals surface area contributed by atoms with Crippen LogP contribution in [-0.2, 0) is 13.1 Å². The Labute approximate surface area is 196 Å². The van der Waals surface area contributed by atoms with Gasteiger partial charge in [0.2, 0.25) is 0 Å². The van der Waals surface area contributed by atoms with E-state index in [1.54, 1.807) is 0 Å². The average Bonchev–Trinajstić information content (AvgIpc) is 2.79. The molecule has 0 atom stereocenters. The molecule has 0 radical (unpaired) electrons. The first-order valence-electron chi connectivity index (χ1n) is 11.3. The van der Waals surface area contributed by atoms with Gasteiger partial charge in [0, 0.05) is 41.9 Å². The van der Waals surface area contributed by atoms with Crippen LogP contribution in [0.3, 0.4) is 0 Å². The van der Waals surface area contributed by atoms with Gasteiger partial charge in [0.25, 0.3) is 0 Å². The van der Waals surface area contributed by atoms with Crippen molar-refractivity contribution in [2.75, 3.05) is 18.4 Å². The first-order valence-corrected chi connectivity index (χ1v) is 11.7. The number of aryl methyl sites for hydroxylation is 1. The van der Waals surface area contributed by atoms with Crippen molar-refractivity contribution in [2.24, 2.45) is 0 Å². The van der Waals surface area contributed by atoms with Crippen molar-refractivity contribution in [3.63, 3.8) is 0 Å². The molecule has 0 amide bonds. The number of fused-ring (bicyclic) bond motifs is 1. The fourth-order valence-electron chi connectivity index (χ4n) is 4.08. The molecule has 3 aromatic carbocycles. The molecule has 1 aromatic heterocycles. The second-order valence-electron chi connectivity index (χ2n) is 8.34. The monoisotopic (exact) mass is 443 g/mol. The zero-order chi connectivity index (χ0) is 22.2. The number of rotatable bonds is 10. The summed E-state index contributed by atoms with van der Waals surface area (Å²) < 4.78 is 0. The van der Waals surface area contributed by atoms with E-state index in [-0.39, 0.29) is 0 Å². The van der Waals surface area contributed by atoms with Crippen LogP contribution in [0.4, 0.5) is 5.69 Å². The van der Waals surface area contributed by atoms with E-state index < -0.39 is 0 Å². The molecule has 0 unspecified atom stereocenters. The quantitative estimate of drug-likeness (QED) is 0.265. The van der Waals surface area contributed by atoms with Crippen molar-refractivity contribution in [1.82, 2.24) is 9.88 Å². The summed E-state index contributed by atoms with van der Waals surface area (Å²) in [7, 11) is 0. The molecule has 1 heterocycles. The molecule has 0 aliphatic rings. The van der Waals surface area contributed by atoms with E-state index in [2.05, 4.69) is 76.7 Å². The SMILES string of the molecule is Cc1cccc(CN(CCCCNc2ccnc3cc(Cl)ccc23)Cc2ccccc2)c1. The van der Waals surface area contributed by atoms with Crippen LogP contribution >= 0.6 is 11.6 Å². The summed E-state index contributed by atoms with van der Waals surface area (Å²) in [5.74, 6) is 0. The largest absolute Gasteiger partial charge is 0.384 e. The molecule has 3 nitrogen and oxygen atoms in total. The summed E-state index contributed by atoms with van der Waals surface area (Å²) in [6.07, 6.45) is 4.08. The van der Waals surface area contributed by atoms with Crippen LogP contribution in [0.5, 0.6) is 0 Å². The van der Waals surface area contributed by atoms with Gasteiger partial charge < -0.3 is 5.32 Å². The number of anilines is 1. The van der Waals surface area contributed by atoms with Gasteiger partial charge in [0.05, 0.1) is 5.52 Å². The fourth-order valence-corrected chi connectivity index (χ4v) is 4.25. The van der Waals surface area contributed by atoms with Gasteiger partial charge in [-0.25, -0.2) is 0 Å². The van der Waals surface area contributed by atoms with Gasteiger partial charge >= 0.3 is 0 Å². The average molecular weight is 444 g/mol. The number of nitrogens with one attached hydrogen (secondary N) is 1. The first-order chi connectivity index (χ1) is 15.7. The maximum atomic E-state index is 6.11. The van der Waals surface area contributed by atoms with Crippen molar-refractivity contribution in [2.45, 2.75) is 32.9 Å². The molecule has 164 valence electrons. The lowest BCUT2D eigenvalue weighted by atomic mass is 10.1. The topological polar surface area (TPSA) is 28.2 Å². The summed E-state index contributed by atoms with van der Waals surface area (Å²) in [6, 6.07) is 27.5. The van der Waals surface area contributed by atoms with E-state index in [1.807, 2.05) is 30.5 Å². The van der Waals surface area contributed by atoms with Crippen molar-refractivity contribution < 1.29 is 0 Å².